The Bertz CT molecular complexity index is 845. The van der Waals surface area contributed by atoms with E-state index >= 15 is 0 Å². The number of nitrogens with zero attached hydrogens (tertiary/aromatic N) is 1. The number of carbonyl (C=O) groups is 4. The third-order valence-electron chi connectivity index (χ3n) is 3.37. The molecule has 23 heavy (non-hydrogen) atoms. The maximum Gasteiger partial charge on any atom is 0.280 e. The summed E-state index contributed by atoms with van der Waals surface area (Å²) in [5.74, 6) is -3.60. The van der Waals surface area contributed by atoms with E-state index in [9.17, 15) is 24.3 Å². The molecule has 3 amide bonds. The van der Waals surface area contributed by atoms with Gasteiger partial charge in [-0.05, 0) is 29.8 Å². The van der Waals surface area contributed by atoms with Crippen LogP contribution in [0.15, 0.2) is 48.5 Å². The first-order valence-corrected chi connectivity index (χ1v) is 6.59. The molecule has 0 saturated heterocycles. The summed E-state index contributed by atoms with van der Waals surface area (Å²) in [5, 5.41) is 11.4. The van der Waals surface area contributed by atoms with Gasteiger partial charge in [0.15, 0.2) is 0 Å². The normalized spacial score (nSPS) is 13.0. The number of fused-ring (bicyclic) bond motifs is 1. The monoisotopic (exact) mass is 309 g/mol. The summed E-state index contributed by atoms with van der Waals surface area (Å²) in [6, 6.07) is 11.5. The molecule has 3 rings (SSSR count). The smallest absolute Gasteiger partial charge is 0.280 e. The van der Waals surface area contributed by atoms with Crippen molar-refractivity contribution in [3.05, 3.63) is 70.8 Å². The second-order valence-corrected chi connectivity index (χ2v) is 4.80. The van der Waals surface area contributed by atoms with Crippen molar-refractivity contribution >= 4 is 23.7 Å². The highest BCUT2D eigenvalue weighted by molar-refractivity contribution is 6.22. The van der Waals surface area contributed by atoms with Crippen LogP contribution in [-0.4, -0.2) is 28.7 Å². The molecule has 0 radical (unpaired) electrons. The van der Waals surface area contributed by atoms with Crippen molar-refractivity contribution in [2.75, 3.05) is 0 Å². The minimum absolute atomic E-state index is 0.0216. The van der Waals surface area contributed by atoms with Gasteiger partial charge in [0.2, 0.25) is 0 Å². The fourth-order valence-electron chi connectivity index (χ4n) is 2.22. The molecule has 0 bridgehead atoms. The Labute approximate surface area is 130 Å². The first kappa shape index (κ1) is 14.5. The van der Waals surface area contributed by atoms with Crippen LogP contribution in [0.4, 0.5) is 0 Å². The van der Waals surface area contributed by atoms with Gasteiger partial charge >= 0.3 is 0 Å². The first-order chi connectivity index (χ1) is 11.0. The lowest BCUT2D eigenvalue weighted by Gasteiger charge is -2.14. The zero-order valence-electron chi connectivity index (χ0n) is 11.6. The lowest BCUT2D eigenvalue weighted by molar-refractivity contribution is -0.255. The Balaban J connectivity index is 1.88. The molecule has 7 heteroatoms. The maximum absolute atomic E-state index is 12.2. The van der Waals surface area contributed by atoms with Gasteiger partial charge in [0, 0.05) is 5.56 Å². The number of hydrogen-bond donors (Lipinski definition) is 1. The van der Waals surface area contributed by atoms with Crippen LogP contribution in [0.5, 0.6) is 0 Å². The molecule has 1 aliphatic heterocycles. The predicted octanol–water partition coefficient (Wildman–Crippen LogP) is -0.00890. The molecule has 0 spiro atoms. The van der Waals surface area contributed by atoms with Gasteiger partial charge in [-0.3, -0.25) is 19.8 Å². The topological polar surface area (TPSA) is 107 Å². The number of carboxylic acid groups (broad SMARTS) is 1. The number of imide groups is 1. The second kappa shape index (κ2) is 5.38. The van der Waals surface area contributed by atoms with Crippen molar-refractivity contribution in [2.45, 2.75) is 0 Å². The van der Waals surface area contributed by atoms with Gasteiger partial charge in [-0.25, -0.2) is 0 Å². The van der Waals surface area contributed by atoms with Crippen LogP contribution >= 0.6 is 0 Å². The minimum Gasteiger partial charge on any atom is -0.545 e. The Morgan fingerprint density at radius 3 is 2.17 bits per heavy atom. The molecule has 0 unspecified atom stereocenters. The third kappa shape index (κ3) is 2.44. The molecule has 0 aliphatic carbocycles. The fraction of sp³-hybridized carbons (Fsp3) is 0. The summed E-state index contributed by atoms with van der Waals surface area (Å²) in [4.78, 5) is 47.3. The van der Waals surface area contributed by atoms with Crippen LogP contribution in [0.1, 0.15) is 41.4 Å². The van der Waals surface area contributed by atoms with Crippen LogP contribution in [0.2, 0.25) is 0 Å². The molecular formula is C16H9N2O5-. The summed E-state index contributed by atoms with van der Waals surface area (Å²) in [6.45, 7) is 0. The number of benzene rings is 2. The van der Waals surface area contributed by atoms with Crippen molar-refractivity contribution < 1.29 is 24.3 Å². The van der Waals surface area contributed by atoms with Crippen molar-refractivity contribution in [3.63, 3.8) is 0 Å². The molecule has 0 saturated carbocycles. The van der Waals surface area contributed by atoms with E-state index in [0.29, 0.717) is 5.01 Å². The average molecular weight is 309 g/mol. The molecule has 2 aromatic rings. The second-order valence-electron chi connectivity index (χ2n) is 4.80. The highest BCUT2D eigenvalue weighted by Crippen LogP contribution is 2.22. The Kier molecular flexibility index (Phi) is 3.38. The number of hydrazine groups is 1. The molecule has 7 nitrogen and oxygen atoms in total. The number of amides is 3. The van der Waals surface area contributed by atoms with Crippen LogP contribution in [0.25, 0.3) is 0 Å². The third-order valence-corrected chi connectivity index (χ3v) is 3.37. The standard InChI is InChI=1S/C16H10N2O5/c19-13(9-4-2-1-3-5-9)17-18-14(20)11-7-6-10(16(22)23)8-12(11)15(18)21/h1-8H,(H,17,19)(H,22,23)/p-1. The van der Waals surface area contributed by atoms with E-state index in [1.54, 1.807) is 18.2 Å². The van der Waals surface area contributed by atoms with Gasteiger partial charge in [0.05, 0.1) is 17.1 Å². The molecule has 1 heterocycles. The summed E-state index contributed by atoms with van der Waals surface area (Å²) in [6.07, 6.45) is 0. The molecule has 1 N–H and O–H groups in total. The van der Waals surface area contributed by atoms with E-state index in [4.69, 9.17) is 0 Å². The maximum atomic E-state index is 12.2. The van der Waals surface area contributed by atoms with Crippen molar-refractivity contribution in [1.82, 2.24) is 10.4 Å². The molecular weight excluding hydrogens is 300 g/mol. The van der Waals surface area contributed by atoms with Gasteiger partial charge < -0.3 is 9.90 Å². The van der Waals surface area contributed by atoms with E-state index in [1.807, 2.05) is 0 Å². The van der Waals surface area contributed by atoms with Crippen molar-refractivity contribution in [2.24, 2.45) is 0 Å². The minimum atomic E-state index is -1.46. The van der Waals surface area contributed by atoms with E-state index in [-0.39, 0.29) is 22.3 Å². The highest BCUT2D eigenvalue weighted by atomic mass is 16.4. The first-order valence-electron chi connectivity index (χ1n) is 6.59. The van der Waals surface area contributed by atoms with Crippen LogP contribution in [0.3, 0.4) is 0 Å². The van der Waals surface area contributed by atoms with Gasteiger partial charge in [-0.1, -0.05) is 24.3 Å². The molecule has 0 aromatic heterocycles. The number of rotatable bonds is 3. The summed E-state index contributed by atoms with van der Waals surface area (Å²) >= 11 is 0. The van der Waals surface area contributed by atoms with Crippen LogP contribution in [-0.2, 0) is 0 Å². The number of carboxylic acids is 1. The molecule has 0 atom stereocenters. The summed E-state index contributed by atoms with van der Waals surface area (Å²) in [7, 11) is 0. The van der Waals surface area contributed by atoms with E-state index in [2.05, 4.69) is 5.43 Å². The van der Waals surface area contributed by atoms with Crippen molar-refractivity contribution in [1.29, 1.82) is 0 Å². The fourth-order valence-corrected chi connectivity index (χ4v) is 2.22. The molecule has 1 aliphatic rings. The number of hydrogen-bond acceptors (Lipinski definition) is 5. The van der Waals surface area contributed by atoms with Gasteiger partial charge in [-0.2, -0.15) is 5.01 Å². The zero-order chi connectivity index (χ0) is 16.6. The highest BCUT2D eigenvalue weighted by Gasteiger charge is 2.37. The van der Waals surface area contributed by atoms with Gasteiger partial charge in [0.1, 0.15) is 0 Å². The Morgan fingerprint density at radius 1 is 0.870 bits per heavy atom. The number of carbonyl (C=O) groups excluding carboxylic acids is 4. The molecule has 0 fully saturated rings. The van der Waals surface area contributed by atoms with E-state index in [1.165, 1.54) is 24.3 Å². The molecule has 2 aromatic carbocycles. The lowest BCUT2D eigenvalue weighted by Crippen LogP contribution is -2.45. The quantitative estimate of drug-likeness (QED) is 0.803. The lowest BCUT2D eigenvalue weighted by atomic mass is 10.1. The largest absolute Gasteiger partial charge is 0.545 e. The average Bonchev–Trinajstić information content (AvgIpc) is 2.80. The predicted molar refractivity (Wildman–Crippen MR) is 75.2 cm³/mol. The zero-order valence-corrected chi connectivity index (χ0v) is 11.6. The van der Waals surface area contributed by atoms with Crippen LogP contribution < -0.4 is 10.5 Å². The Hall–Kier alpha value is -3.48. The SMILES string of the molecule is O=C([O-])c1ccc2c(c1)C(=O)N(NC(=O)c1ccccc1)C2=O. The van der Waals surface area contributed by atoms with Crippen molar-refractivity contribution in [3.8, 4) is 0 Å². The van der Waals surface area contributed by atoms with Gasteiger partial charge in [0.25, 0.3) is 17.7 Å². The summed E-state index contributed by atoms with van der Waals surface area (Å²) in [5.41, 5.74) is 2.21. The van der Waals surface area contributed by atoms with E-state index < -0.39 is 23.7 Å². The Morgan fingerprint density at radius 2 is 1.52 bits per heavy atom. The van der Waals surface area contributed by atoms with Crippen LogP contribution in [0, 0.1) is 0 Å². The summed E-state index contributed by atoms with van der Waals surface area (Å²) < 4.78 is 0. The van der Waals surface area contributed by atoms with Gasteiger partial charge in [-0.15, -0.1) is 0 Å². The molecule has 114 valence electrons. The van der Waals surface area contributed by atoms with E-state index in [0.717, 1.165) is 6.07 Å². The number of aromatic carboxylic acids is 1. The number of nitrogens with one attached hydrogen (secondary N) is 1.